The predicted molar refractivity (Wildman–Crippen MR) is 86.9 cm³/mol. The Bertz CT molecular complexity index is 735. The van der Waals surface area contributed by atoms with Gasteiger partial charge in [0, 0.05) is 24.2 Å². The van der Waals surface area contributed by atoms with Gasteiger partial charge in [0.1, 0.15) is 0 Å². The smallest absolute Gasteiger partial charge is 0.258 e. The number of hydrogen-bond acceptors (Lipinski definition) is 4. The van der Waals surface area contributed by atoms with E-state index in [4.69, 9.17) is 0 Å². The molecule has 2 saturated carbocycles. The first kappa shape index (κ1) is 16.4. The van der Waals surface area contributed by atoms with Crippen LogP contribution in [-0.4, -0.2) is 29.7 Å². The summed E-state index contributed by atoms with van der Waals surface area (Å²) in [5.74, 6) is 0. The number of sulfonamides is 1. The molecule has 0 radical (unpaired) electrons. The molecule has 1 aromatic rings. The minimum absolute atomic E-state index is 0.0477. The van der Waals surface area contributed by atoms with Crippen LogP contribution in [0.5, 0.6) is 0 Å². The topological polar surface area (TPSA) is 80.5 Å². The van der Waals surface area contributed by atoms with Crippen molar-refractivity contribution in [3.8, 4) is 0 Å². The van der Waals surface area contributed by atoms with Crippen molar-refractivity contribution in [3.05, 3.63) is 33.4 Å². The standard InChI is InChI=1S/C16H22N2O4S/c1-11-9-15(18(19)20)10-16(12(11)2)23(21,22)17(14-7-8-14)13-5-3-4-6-13/h9-10,13-14H,3-8H2,1-2H3. The molecule has 0 unspecified atom stereocenters. The van der Waals surface area contributed by atoms with E-state index in [9.17, 15) is 18.5 Å². The summed E-state index contributed by atoms with van der Waals surface area (Å²) in [5.41, 5.74) is 1.09. The van der Waals surface area contributed by atoms with Gasteiger partial charge in [0.25, 0.3) is 5.69 Å². The maximum atomic E-state index is 13.3. The van der Waals surface area contributed by atoms with Crippen LogP contribution < -0.4 is 0 Å². The van der Waals surface area contributed by atoms with Crippen LogP contribution in [0.25, 0.3) is 0 Å². The van der Waals surface area contributed by atoms with Crippen molar-refractivity contribution >= 4 is 15.7 Å². The van der Waals surface area contributed by atoms with Crippen LogP contribution in [0.1, 0.15) is 49.7 Å². The van der Waals surface area contributed by atoms with Crippen molar-refractivity contribution in [3.63, 3.8) is 0 Å². The minimum atomic E-state index is -3.70. The van der Waals surface area contributed by atoms with Crippen LogP contribution in [0.15, 0.2) is 17.0 Å². The van der Waals surface area contributed by atoms with Crippen LogP contribution in [0.4, 0.5) is 5.69 Å². The molecule has 0 amide bonds. The number of nitro benzene ring substituents is 1. The molecule has 3 rings (SSSR count). The Morgan fingerprint density at radius 1 is 1.09 bits per heavy atom. The number of rotatable bonds is 5. The number of aryl methyl sites for hydroxylation is 1. The zero-order valence-electron chi connectivity index (χ0n) is 13.5. The Morgan fingerprint density at radius 2 is 1.65 bits per heavy atom. The Hall–Kier alpha value is -1.47. The molecule has 7 heteroatoms. The molecular formula is C16H22N2O4S. The molecule has 23 heavy (non-hydrogen) atoms. The summed E-state index contributed by atoms with van der Waals surface area (Å²) >= 11 is 0. The fourth-order valence-electron chi connectivity index (χ4n) is 3.47. The van der Waals surface area contributed by atoms with Gasteiger partial charge in [0.2, 0.25) is 10.0 Å². The molecule has 0 aliphatic heterocycles. The molecule has 0 spiro atoms. The van der Waals surface area contributed by atoms with E-state index in [1.165, 1.54) is 12.1 Å². The normalized spacial score (nSPS) is 19.4. The molecule has 2 aliphatic carbocycles. The fourth-order valence-corrected chi connectivity index (χ4v) is 5.73. The molecule has 2 fully saturated rings. The highest BCUT2D eigenvalue weighted by molar-refractivity contribution is 7.89. The molecular weight excluding hydrogens is 316 g/mol. The summed E-state index contributed by atoms with van der Waals surface area (Å²) in [5, 5.41) is 11.1. The highest BCUT2D eigenvalue weighted by atomic mass is 32.2. The number of hydrogen-bond donors (Lipinski definition) is 0. The van der Waals surface area contributed by atoms with Crippen LogP contribution in [0, 0.1) is 24.0 Å². The number of nitrogens with zero attached hydrogens (tertiary/aromatic N) is 2. The van der Waals surface area contributed by atoms with Crippen LogP contribution in [-0.2, 0) is 10.0 Å². The zero-order valence-corrected chi connectivity index (χ0v) is 14.3. The average molecular weight is 338 g/mol. The van der Waals surface area contributed by atoms with Crippen molar-refractivity contribution in [1.82, 2.24) is 4.31 Å². The van der Waals surface area contributed by atoms with E-state index < -0.39 is 14.9 Å². The first-order valence-corrected chi connectivity index (χ1v) is 9.55. The van der Waals surface area contributed by atoms with Crippen molar-refractivity contribution < 1.29 is 13.3 Å². The first-order valence-electron chi connectivity index (χ1n) is 8.11. The lowest BCUT2D eigenvalue weighted by Crippen LogP contribution is -2.40. The lowest BCUT2D eigenvalue weighted by Gasteiger charge is -2.28. The van der Waals surface area contributed by atoms with Crippen molar-refractivity contribution in [2.24, 2.45) is 0 Å². The fraction of sp³-hybridized carbons (Fsp3) is 0.625. The predicted octanol–water partition coefficient (Wildman–Crippen LogP) is 3.31. The maximum absolute atomic E-state index is 13.3. The second kappa shape index (κ2) is 5.87. The van der Waals surface area contributed by atoms with Crippen molar-refractivity contribution in [2.45, 2.75) is 69.4 Å². The molecule has 0 heterocycles. The molecule has 0 saturated heterocycles. The summed E-state index contributed by atoms with van der Waals surface area (Å²) in [6, 6.07) is 2.78. The Labute approximate surface area is 136 Å². The third-order valence-electron chi connectivity index (χ3n) is 4.96. The van der Waals surface area contributed by atoms with Gasteiger partial charge in [0.05, 0.1) is 9.82 Å². The Balaban J connectivity index is 2.09. The first-order chi connectivity index (χ1) is 10.8. The molecule has 2 aliphatic rings. The van der Waals surface area contributed by atoms with E-state index in [2.05, 4.69) is 0 Å². The highest BCUT2D eigenvalue weighted by Crippen LogP contribution is 2.40. The van der Waals surface area contributed by atoms with E-state index in [1.54, 1.807) is 18.2 Å². The van der Waals surface area contributed by atoms with Crippen LogP contribution in [0.3, 0.4) is 0 Å². The van der Waals surface area contributed by atoms with Gasteiger partial charge in [0.15, 0.2) is 0 Å². The van der Waals surface area contributed by atoms with Gasteiger partial charge in [-0.05, 0) is 50.7 Å². The molecule has 0 aromatic heterocycles. The number of non-ortho nitro benzene ring substituents is 1. The SMILES string of the molecule is Cc1cc([N+](=O)[O-])cc(S(=O)(=O)N(C2CCCC2)C2CC2)c1C. The van der Waals surface area contributed by atoms with E-state index in [-0.39, 0.29) is 22.7 Å². The zero-order chi connectivity index (χ0) is 16.8. The van der Waals surface area contributed by atoms with E-state index in [1.807, 2.05) is 0 Å². The lowest BCUT2D eigenvalue weighted by molar-refractivity contribution is -0.385. The van der Waals surface area contributed by atoms with Gasteiger partial charge < -0.3 is 0 Å². The average Bonchev–Trinajstić information content (AvgIpc) is 3.15. The molecule has 6 nitrogen and oxygen atoms in total. The Morgan fingerprint density at radius 3 is 2.17 bits per heavy atom. The molecule has 126 valence electrons. The maximum Gasteiger partial charge on any atom is 0.271 e. The quantitative estimate of drug-likeness (QED) is 0.609. The summed E-state index contributed by atoms with van der Waals surface area (Å²) in [4.78, 5) is 10.7. The molecule has 0 bridgehead atoms. The number of nitro groups is 1. The van der Waals surface area contributed by atoms with Crippen LogP contribution in [0.2, 0.25) is 0 Å². The van der Waals surface area contributed by atoms with Gasteiger partial charge in [-0.15, -0.1) is 0 Å². The summed E-state index contributed by atoms with van der Waals surface area (Å²) in [7, 11) is -3.70. The van der Waals surface area contributed by atoms with Crippen molar-refractivity contribution in [1.29, 1.82) is 0 Å². The van der Waals surface area contributed by atoms with Gasteiger partial charge in [-0.2, -0.15) is 4.31 Å². The third-order valence-corrected chi connectivity index (χ3v) is 7.09. The monoisotopic (exact) mass is 338 g/mol. The van der Waals surface area contributed by atoms with Crippen LogP contribution >= 0.6 is 0 Å². The van der Waals surface area contributed by atoms with Gasteiger partial charge >= 0.3 is 0 Å². The largest absolute Gasteiger partial charge is 0.271 e. The van der Waals surface area contributed by atoms with E-state index in [0.29, 0.717) is 11.1 Å². The highest BCUT2D eigenvalue weighted by Gasteiger charge is 2.44. The second-order valence-electron chi connectivity index (χ2n) is 6.65. The third kappa shape index (κ3) is 2.99. The minimum Gasteiger partial charge on any atom is -0.258 e. The van der Waals surface area contributed by atoms with Crippen molar-refractivity contribution in [2.75, 3.05) is 0 Å². The lowest BCUT2D eigenvalue weighted by atomic mass is 10.1. The van der Waals surface area contributed by atoms with Gasteiger partial charge in [-0.3, -0.25) is 10.1 Å². The molecule has 0 N–H and O–H groups in total. The summed E-state index contributed by atoms with van der Waals surface area (Å²) < 4.78 is 28.2. The van der Waals surface area contributed by atoms with E-state index >= 15 is 0 Å². The molecule has 1 aromatic carbocycles. The summed E-state index contributed by atoms with van der Waals surface area (Å²) in [6.45, 7) is 3.45. The van der Waals surface area contributed by atoms with E-state index in [0.717, 1.165) is 38.5 Å². The Kier molecular flexibility index (Phi) is 4.18. The molecule has 0 atom stereocenters. The van der Waals surface area contributed by atoms with Gasteiger partial charge in [-0.1, -0.05) is 12.8 Å². The van der Waals surface area contributed by atoms with Gasteiger partial charge in [-0.25, -0.2) is 8.42 Å². The second-order valence-corrected chi connectivity index (χ2v) is 8.46. The summed E-state index contributed by atoms with van der Waals surface area (Å²) in [6.07, 6.45) is 5.67. The number of benzene rings is 1.